The largest absolute Gasteiger partial charge is 0.445 e. The highest BCUT2D eigenvalue weighted by atomic mass is 16.6. The summed E-state index contributed by atoms with van der Waals surface area (Å²) in [6, 6.07) is 9.46. The highest BCUT2D eigenvalue weighted by molar-refractivity contribution is 5.74. The van der Waals surface area contributed by atoms with Crippen molar-refractivity contribution in [3.63, 3.8) is 0 Å². The fourth-order valence-electron chi connectivity index (χ4n) is 10.6. The van der Waals surface area contributed by atoms with E-state index in [-0.39, 0.29) is 11.5 Å². The highest BCUT2D eigenvalue weighted by Crippen LogP contribution is 2.67. The molecule has 0 radical (unpaired) electrons. The maximum atomic E-state index is 13.3. The molecule has 226 valence electrons. The third-order valence-corrected chi connectivity index (χ3v) is 12.8. The molecule has 42 heavy (non-hydrogen) atoms. The number of fused-ring (bicyclic) bond motifs is 6. The Bertz CT molecular complexity index is 1270. The molecule has 0 unspecified atom stereocenters. The minimum Gasteiger partial charge on any atom is -0.445 e. The van der Waals surface area contributed by atoms with E-state index in [0.717, 1.165) is 65.9 Å². The molecule has 3 saturated carbocycles. The third-order valence-electron chi connectivity index (χ3n) is 12.8. The van der Waals surface area contributed by atoms with Crippen molar-refractivity contribution in [2.45, 2.75) is 117 Å². The molecule has 1 amide bonds. The molecule has 3 fully saturated rings. The van der Waals surface area contributed by atoms with E-state index in [1.807, 2.05) is 30.3 Å². The molecule has 0 bridgehead atoms. The standard InChI is InChI=1S/C38H52N2O2/c1-25(2)9-8-10-26(3)32-15-16-33-31-14-13-28-23-29(17-20-37(28,4)34(31)18-21-38(32,33)5)42-36(41)40-22-19-27-11-6-7-12-30(27)35(40)24-39/h6-7,11-13,19,22,25-26,29,31-35H,8-10,14-18,20-21,23H2,1-5H3/t26-,29+,31+,32-,33+,34+,35+,37+,38-/m1/s1. The average molecular weight is 569 g/mol. The lowest BCUT2D eigenvalue weighted by Gasteiger charge is -2.58. The summed E-state index contributed by atoms with van der Waals surface area (Å²) in [5.41, 5.74) is 4.11. The maximum Gasteiger partial charge on any atom is 0.415 e. The lowest BCUT2D eigenvalue weighted by Crippen LogP contribution is -2.51. The van der Waals surface area contributed by atoms with E-state index < -0.39 is 12.1 Å². The quantitative estimate of drug-likeness (QED) is 0.321. The normalized spacial score (nSPS) is 37.5. The van der Waals surface area contributed by atoms with E-state index >= 15 is 0 Å². The molecule has 0 spiro atoms. The van der Waals surface area contributed by atoms with Gasteiger partial charge in [0.2, 0.25) is 0 Å². The van der Waals surface area contributed by atoms with Gasteiger partial charge in [-0.2, -0.15) is 5.26 Å². The highest BCUT2D eigenvalue weighted by Gasteiger charge is 2.59. The van der Waals surface area contributed by atoms with Crippen molar-refractivity contribution in [2.75, 3.05) is 0 Å². The van der Waals surface area contributed by atoms with Crippen LogP contribution in [-0.2, 0) is 4.74 Å². The SMILES string of the molecule is CC(C)CCC[C@@H](C)[C@H]1CC[C@H]2[C@@H]3CC=C4C[C@@H](OC(=O)N5C=Cc6ccccc6[C@@H]5C#N)CC[C@]4(C)[C@H]3CC[C@]12C. The molecule has 5 aliphatic rings. The molecular formula is C38H52N2O2. The number of ether oxygens (including phenoxy) is 1. The number of nitrogens with zero attached hydrogens (tertiary/aromatic N) is 2. The molecule has 9 atom stereocenters. The van der Waals surface area contributed by atoms with Gasteiger partial charge in [-0.3, -0.25) is 4.90 Å². The Morgan fingerprint density at radius 2 is 1.88 bits per heavy atom. The van der Waals surface area contributed by atoms with Crippen LogP contribution in [0.2, 0.25) is 0 Å². The van der Waals surface area contributed by atoms with Crippen LogP contribution in [0.5, 0.6) is 0 Å². The van der Waals surface area contributed by atoms with Gasteiger partial charge in [-0.25, -0.2) is 4.79 Å². The smallest absolute Gasteiger partial charge is 0.415 e. The predicted molar refractivity (Wildman–Crippen MR) is 169 cm³/mol. The first-order valence-electron chi connectivity index (χ1n) is 17.0. The van der Waals surface area contributed by atoms with Crippen LogP contribution in [0.1, 0.15) is 122 Å². The van der Waals surface area contributed by atoms with Gasteiger partial charge in [-0.15, -0.1) is 0 Å². The van der Waals surface area contributed by atoms with Crippen molar-refractivity contribution < 1.29 is 9.53 Å². The summed E-state index contributed by atoms with van der Waals surface area (Å²) in [5.74, 6) is 4.96. The lowest BCUT2D eigenvalue weighted by molar-refractivity contribution is -0.0591. The van der Waals surface area contributed by atoms with Crippen LogP contribution in [0.15, 0.2) is 42.1 Å². The second-order valence-corrected chi connectivity index (χ2v) is 15.4. The monoisotopic (exact) mass is 568 g/mol. The van der Waals surface area contributed by atoms with Gasteiger partial charge in [-0.05, 0) is 108 Å². The number of nitriles is 1. The number of carbonyl (C=O) groups is 1. The molecule has 0 aromatic heterocycles. The minimum absolute atomic E-state index is 0.116. The van der Waals surface area contributed by atoms with Crippen LogP contribution in [0, 0.1) is 57.7 Å². The van der Waals surface area contributed by atoms with Crippen LogP contribution in [0.4, 0.5) is 4.79 Å². The van der Waals surface area contributed by atoms with Crippen molar-refractivity contribution in [3.05, 3.63) is 53.2 Å². The molecule has 6 rings (SSSR count). The number of rotatable bonds is 6. The molecule has 4 heteroatoms. The van der Waals surface area contributed by atoms with Gasteiger partial charge in [0.05, 0.1) is 6.07 Å². The van der Waals surface area contributed by atoms with Crippen molar-refractivity contribution in [1.29, 1.82) is 5.26 Å². The molecule has 1 heterocycles. The van der Waals surface area contributed by atoms with Crippen molar-refractivity contribution >= 4 is 12.2 Å². The van der Waals surface area contributed by atoms with Gasteiger partial charge in [0.25, 0.3) is 0 Å². The Morgan fingerprint density at radius 1 is 1.07 bits per heavy atom. The number of hydrogen-bond donors (Lipinski definition) is 0. The van der Waals surface area contributed by atoms with Gasteiger partial charge < -0.3 is 4.74 Å². The van der Waals surface area contributed by atoms with E-state index in [1.165, 1.54) is 61.8 Å². The number of carbonyl (C=O) groups excluding carboxylic acids is 1. The van der Waals surface area contributed by atoms with Gasteiger partial charge in [0, 0.05) is 12.6 Å². The van der Waals surface area contributed by atoms with E-state index in [2.05, 4.69) is 46.8 Å². The van der Waals surface area contributed by atoms with Gasteiger partial charge in [0.1, 0.15) is 6.10 Å². The summed E-state index contributed by atoms with van der Waals surface area (Å²) < 4.78 is 6.12. The Hall–Kier alpha value is -2.54. The Kier molecular flexibility index (Phi) is 8.10. The second-order valence-electron chi connectivity index (χ2n) is 15.4. The van der Waals surface area contributed by atoms with Crippen LogP contribution in [0.3, 0.4) is 0 Å². The minimum atomic E-state index is -0.646. The zero-order chi connectivity index (χ0) is 29.6. The topological polar surface area (TPSA) is 53.3 Å². The molecular weight excluding hydrogens is 516 g/mol. The summed E-state index contributed by atoms with van der Waals surface area (Å²) in [6.07, 6.45) is 19.5. The van der Waals surface area contributed by atoms with Crippen molar-refractivity contribution in [2.24, 2.45) is 46.3 Å². The molecule has 1 aromatic carbocycles. The van der Waals surface area contributed by atoms with E-state index in [0.29, 0.717) is 5.41 Å². The third kappa shape index (κ3) is 5.03. The fourth-order valence-corrected chi connectivity index (χ4v) is 10.6. The van der Waals surface area contributed by atoms with E-state index in [4.69, 9.17) is 4.74 Å². The summed E-state index contributed by atoms with van der Waals surface area (Å²) in [7, 11) is 0. The number of hydrogen-bond acceptors (Lipinski definition) is 3. The Balaban J connectivity index is 1.11. The summed E-state index contributed by atoms with van der Waals surface area (Å²) in [5, 5.41) is 9.91. The summed E-state index contributed by atoms with van der Waals surface area (Å²) >= 11 is 0. The Morgan fingerprint density at radius 3 is 2.67 bits per heavy atom. The number of amides is 1. The molecule has 1 aromatic rings. The summed E-state index contributed by atoms with van der Waals surface area (Å²) in [6.45, 7) is 12.5. The Labute approximate surface area is 254 Å². The van der Waals surface area contributed by atoms with Crippen molar-refractivity contribution in [1.82, 2.24) is 4.90 Å². The van der Waals surface area contributed by atoms with E-state index in [1.54, 1.807) is 6.20 Å². The van der Waals surface area contributed by atoms with Crippen LogP contribution in [-0.4, -0.2) is 17.1 Å². The van der Waals surface area contributed by atoms with Gasteiger partial charge in [0.15, 0.2) is 6.04 Å². The predicted octanol–water partition coefficient (Wildman–Crippen LogP) is 10.1. The summed E-state index contributed by atoms with van der Waals surface area (Å²) in [4.78, 5) is 14.8. The average Bonchev–Trinajstić information content (AvgIpc) is 3.33. The molecule has 0 N–H and O–H groups in total. The first-order chi connectivity index (χ1) is 20.2. The van der Waals surface area contributed by atoms with Gasteiger partial charge in [-0.1, -0.05) is 89.8 Å². The first kappa shape index (κ1) is 29.5. The van der Waals surface area contributed by atoms with Crippen LogP contribution in [0.25, 0.3) is 6.08 Å². The number of allylic oxidation sites excluding steroid dienone is 1. The zero-order valence-corrected chi connectivity index (χ0v) is 26.6. The van der Waals surface area contributed by atoms with E-state index in [9.17, 15) is 10.1 Å². The molecule has 4 nitrogen and oxygen atoms in total. The molecule has 1 aliphatic heterocycles. The lowest BCUT2D eigenvalue weighted by atomic mass is 9.47. The molecule has 4 aliphatic carbocycles. The van der Waals surface area contributed by atoms with Crippen LogP contribution < -0.4 is 0 Å². The maximum absolute atomic E-state index is 13.3. The zero-order valence-electron chi connectivity index (χ0n) is 26.6. The second kappa shape index (κ2) is 11.5. The molecule has 0 saturated heterocycles. The van der Waals surface area contributed by atoms with Crippen molar-refractivity contribution in [3.8, 4) is 6.07 Å². The fraction of sp³-hybridized carbons (Fsp3) is 0.684. The van der Waals surface area contributed by atoms with Gasteiger partial charge >= 0.3 is 6.09 Å². The first-order valence-corrected chi connectivity index (χ1v) is 17.0. The number of benzene rings is 1. The van der Waals surface area contributed by atoms with Crippen LogP contribution >= 0.6 is 0 Å².